The van der Waals surface area contributed by atoms with Crippen molar-refractivity contribution in [1.82, 2.24) is 25.3 Å². The van der Waals surface area contributed by atoms with E-state index in [0.717, 1.165) is 41.2 Å². The maximum Gasteiger partial charge on any atom is 0.416 e. The Morgan fingerprint density at radius 1 is 1.00 bits per heavy atom. The Morgan fingerprint density at radius 3 is 2.23 bits per heavy atom. The molecule has 0 radical (unpaired) electrons. The SMILES string of the molecule is Cc1nn(-c2ccc(NCCNC(=O)c3ccc(C(F)(F)F)cc3)nn2)c(C)c1C. The first-order valence-electron chi connectivity index (χ1n) is 9.23. The molecule has 1 aromatic carbocycles. The molecule has 158 valence electrons. The van der Waals surface area contributed by atoms with Crippen LogP contribution in [0.25, 0.3) is 5.82 Å². The highest BCUT2D eigenvalue weighted by molar-refractivity contribution is 5.94. The number of nitrogens with zero attached hydrogens (tertiary/aromatic N) is 4. The molecule has 0 spiro atoms. The van der Waals surface area contributed by atoms with Crippen LogP contribution in [0.3, 0.4) is 0 Å². The third-order valence-electron chi connectivity index (χ3n) is 4.71. The number of alkyl halides is 3. The summed E-state index contributed by atoms with van der Waals surface area (Å²) in [7, 11) is 0. The van der Waals surface area contributed by atoms with Crippen LogP contribution in [-0.4, -0.2) is 39.0 Å². The minimum atomic E-state index is -4.43. The van der Waals surface area contributed by atoms with Crippen molar-refractivity contribution in [2.75, 3.05) is 18.4 Å². The van der Waals surface area contributed by atoms with Gasteiger partial charge in [-0.05, 0) is 62.7 Å². The van der Waals surface area contributed by atoms with E-state index in [9.17, 15) is 18.0 Å². The van der Waals surface area contributed by atoms with Crippen LogP contribution in [0.15, 0.2) is 36.4 Å². The summed E-state index contributed by atoms with van der Waals surface area (Å²) in [6.45, 7) is 6.53. The van der Waals surface area contributed by atoms with E-state index < -0.39 is 17.6 Å². The number of benzene rings is 1. The van der Waals surface area contributed by atoms with Gasteiger partial charge in [-0.1, -0.05) is 0 Å². The summed E-state index contributed by atoms with van der Waals surface area (Å²) < 4.78 is 39.4. The van der Waals surface area contributed by atoms with Gasteiger partial charge in [-0.3, -0.25) is 4.79 Å². The Labute approximate surface area is 171 Å². The number of anilines is 1. The van der Waals surface area contributed by atoms with Crippen molar-refractivity contribution in [3.63, 3.8) is 0 Å². The predicted molar refractivity (Wildman–Crippen MR) is 106 cm³/mol. The van der Waals surface area contributed by atoms with Crippen molar-refractivity contribution in [2.45, 2.75) is 26.9 Å². The van der Waals surface area contributed by atoms with Crippen LogP contribution < -0.4 is 10.6 Å². The molecular weight excluding hydrogens is 397 g/mol. The molecule has 7 nitrogen and oxygen atoms in total. The average molecular weight is 418 g/mol. The highest BCUT2D eigenvalue weighted by atomic mass is 19.4. The van der Waals surface area contributed by atoms with Crippen molar-refractivity contribution in [3.8, 4) is 5.82 Å². The fraction of sp³-hybridized carbons (Fsp3) is 0.300. The number of amides is 1. The van der Waals surface area contributed by atoms with Crippen LogP contribution in [0.4, 0.5) is 19.0 Å². The number of hydrogen-bond donors (Lipinski definition) is 2. The highest BCUT2D eigenvalue weighted by Crippen LogP contribution is 2.29. The van der Waals surface area contributed by atoms with Gasteiger partial charge in [0, 0.05) is 24.3 Å². The van der Waals surface area contributed by atoms with Crippen LogP contribution in [0, 0.1) is 20.8 Å². The second-order valence-electron chi connectivity index (χ2n) is 6.74. The fourth-order valence-corrected chi connectivity index (χ4v) is 2.76. The molecule has 1 amide bonds. The van der Waals surface area contributed by atoms with E-state index in [4.69, 9.17) is 0 Å². The Kier molecular flexibility index (Phi) is 6.04. The van der Waals surface area contributed by atoms with Gasteiger partial charge in [-0.25, -0.2) is 4.68 Å². The molecule has 0 aliphatic rings. The molecule has 3 rings (SSSR count). The number of hydrogen-bond acceptors (Lipinski definition) is 5. The molecule has 0 atom stereocenters. The van der Waals surface area contributed by atoms with Crippen LogP contribution in [0.2, 0.25) is 0 Å². The van der Waals surface area contributed by atoms with Gasteiger partial charge >= 0.3 is 6.18 Å². The minimum Gasteiger partial charge on any atom is -0.367 e. The van der Waals surface area contributed by atoms with Gasteiger partial charge < -0.3 is 10.6 Å². The number of carbonyl (C=O) groups is 1. The largest absolute Gasteiger partial charge is 0.416 e. The number of rotatable bonds is 6. The molecule has 2 aromatic heterocycles. The van der Waals surface area contributed by atoms with Gasteiger partial charge in [-0.2, -0.15) is 18.3 Å². The Morgan fingerprint density at radius 2 is 1.70 bits per heavy atom. The number of nitrogens with one attached hydrogen (secondary N) is 2. The number of aryl methyl sites for hydroxylation is 1. The van der Waals surface area contributed by atoms with Gasteiger partial charge in [0.05, 0.1) is 11.3 Å². The molecule has 30 heavy (non-hydrogen) atoms. The lowest BCUT2D eigenvalue weighted by Crippen LogP contribution is -2.29. The van der Waals surface area contributed by atoms with E-state index in [1.165, 1.54) is 0 Å². The molecule has 0 bridgehead atoms. The van der Waals surface area contributed by atoms with E-state index >= 15 is 0 Å². The van der Waals surface area contributed by atoms with E-state index in [1.807, 2.05) is 20.8 Å². The van der Waals surface area contributed by atoms with Crippen molar-refractivity contribution >= 4 is 11.7 Å². The Balaban J connectivity index is 1.49. The topological polar surface area (TPSA) is 84.7 Å². The summed E-state index contributed by atoms with van der Waals surface area (Å²) in [6.07, 6.45) is -4.43. The van der Waals surface area contributed by atoms with E-state index in [2.05, 4.69) is 25.9 Å². The molecule has 0 fully saturated rings. The zero-order chi connectivity index (χ0) is 21.9. The zero-order valence-electron chi connectivity index (χ0n) is 16.7. The van der Waals surface area contributed by atoms with E-state index in [-0.39, 0.29) is 12.1 Å². The van der Waals surface area contributed by atoms with E-state index in [0.29, 0.717) is 18.2 Å². The van der Waals surface area contributed by atoms with Gasteiger partial charge in [0.2, 0.25) is 0 Å². The standard InChI is InChI=1S/C20H21F3N6O/c1-12-13(2)28-29(14(12)3)18-9-8-17(26-27-18)24-10-11-25-19(30)15-4-6-16(7-5-15)20(21,22)23/h4-9H,10-11H2,1-3H3,(H,24,26)(H,25,30). The first kappa shape index (κ1) is 21.3. The highest BCUT2D eigenvalue weighted by Gasteiger charge is 2.30. The van der Waals surface area contributed by atoms with Crippen molar-refractivity contribution in [1.29, 1.82) is 0 Å². The normalized spacial score (nSPS) is 11.4. The first-order chi connectivity index (χ1) is 14.2. The van der Waals surface area contributed by atoms with Gasteiger partial charge in [-0.15, -0.1) is 10.2 Å². The van der Waals surface area contributed by atoms with Crippen molar-refractivity contribution in [2.24, 2.45) is 0 Å². The molecule has 3 aromatic rings. The summed E-state index contributed by atoms with van der Waals surface area (Å²) in [6, 6.07) is 7.61. The predicted octanol–water partition coefficient (Wildman–Crippen LogP) is 3.45. The summed E-state index contributed by atoms with van der Waals surface area (Å²) in [5.74, 6) is 0.678. The lowest BCUT2D eigenvalue weighted by atomic mass is 10.1. The van der Waals surface area contributed by atoms with Gasteiger partial charge in [0.15, 0.2) is 5.82 Å². The monoisotopic (exact) mass is 418 g/mol. The molecule has 0 unspecified atom stereocenters. The summed E-state index contributed by atoms with van der Waals surface area (Å²) >= 11 is 0. The van der Waals surface area contributed by atoms with Gasteiger partial charge in [0.1, 0.15) is 5.82 Å². The smallest absolute Gasteiger partial charge is 0.367 e. The lowest BCUT2D eigenvalue weighted by Gasteiger charge is -2.09. The van der Waals surface area contributed by atoms with Crippen LogP contribution in [0.5, 0.6) is 0 Å². The molecule has 2 heterocycles. The number of carbonyl (C=O) groups excluding carboxylic acids is 1. The molecule has 0 saturated carbocycles. The third-order valence-corrected chi connectivity index (χ3v) is 4.71. The second kappa shape index (κ2) is 8.52. The summed E-state index contributed by atoms with van der Waals surface area (Å²) in [5, 5.41) is 18.4. The van der Waals surface area contributed by atoms with Crippen molar-refractivity contribution in [3.05, 3.63) is 64.5 Å². The second-order valence-corrected chi connectivity index (χ2v) is 6.74. The molecule has 0 saturated heterocycles. The maximum atomic E-state index is 12.6. The third kappa shape index (κ3) is 4.76. The zero-order valence-corrected chi connectivity index (χ0v) is 16.7. The minimum absolute atomic E-state index is 0.160. The fourth-order valence-electron chi connectivity index (χ4n) is 2.76. The molecular formula is C20H21F3N6O. The average Bonchev–Trinajstić information content (AvgIpc) is 2.98. The van der Waals surface area contributed by atoms with Crippen LogP contribution in [0.1, 0.15) is 32.9 Å². The number of halogens is 3. The quantitative estimate of drug-likeness (QED) is 0.599. The Bertz CT molecular complexity index is 1030. The van der Waals surface area contributed by atoms with Gasteiger partial charge in [0.25, 0.3) is 5.91 Å². The summed E-state index contributed by atoms with van der Waals surface area (Å²) in [4.78, 5) is 12.0. The van der Waals surface area contributed by atoms with E-state index in [1.54, 1.807) is 16.8 Å². The molecule has 0 aliphatic heterocycles. The van der Waals surface area contributed by atoms with Crippen molar-refractivity contribution < 1.29 is 18.0 Å². The molecule has 10 heteroatoms. The maximum absolute atomic E-state index is 12.6. The van der Waals surface area contributed by atoms with Crippen LogP contribution >= 0.6 is 0 Å². The van der Waals surface area contributed by atoms with Crippen LogP contribution in [-0.2, 0) is 6.18 Å². The lowest BCUT2D eigenvalue weighted by molar-refractivity contribution is -0.137. The molecule has 2 N–H and O–H groups in total. The molecule has 0 aliphatic carbocycles. The Hall–Kier alpha value is -3.43. The summed E-state index contributed by atoms with van der Waals surface area (Å²) in [5.41, 5.74) is 2.39. The first-order valence-corrected chi connectivity index (χ1v) is 9.23. The number of aromatic nitrogens is 4.